The second-order valence-corrected chi connectivity index (χ2v) is 6.42. The molecule has 124 valence electrons. The summed E-state index contributed by atoms with van der Waals surface area (Å²) in [5.74, 6) is 0. The summed E-state index contributed by atoms with van der Waals surface area (Å²) >= 11 is 0. The fraction of sp³-hybridized carbons (Fsp3) is 0.684. The van der Waals surface area contributed by atoms with Crippen LogP contribution >= 0.6 is 0 Å². The molecule has 2 saturated heterocycles. The van der Waals surface area contributed by atoms with Crippen LogP contribution < -0.4 is 0 Å². The van der Waals surface area contributed by atoms with Gasteiger partial charge in [-0.3, -0.25) is 9.80 Å². The quantitative estimate of drug-likeness (QED) is 0.849. The van der Waals surface area contributed by atoms with E-state index in [9.17, 15) is 0 Å². The maximum absolute atomic E-state index is 2.60. The van der Waals surface area contributed by atoms with E-state index in [2.05, 4.69) is 53.1 Å². The minimum atomic E-state index is 0.638. The topological polar surface area (TPSA) is 9.72 Å². The predicted molar refractivity (Wildman–Crippen MR) is 95.2 cm³/mol. The molecule has 0 radical (unpaired) electrons. The third-order valence-electron chi connectivity index (χ3n) is 4.92. The average Bonchev–Trinajstić information content (AvgIpc) is 2.98. The number of rotatable bonds is 3. The second kappa shape index (κ2) is 8.66. The van der Waals surface area contributed by atoms with Gasteiger partial charge in [-0.05, 0) is 44.6 Å². The fourth-order valence-corrected chi connectivity index (χ4v) is 3.55. The molecule has 0 bridgehead atoms. The third kappa shape index (κ3) is 4.31. The Labute approximate surface area is 136 Å². The van der Waals surface area contributed by atoms with Gasteiger partial charge >= 0.3 is 0 Å². The Morgan fingerprint density at radius 1 is 0.955 bits per heavy atom. The van der Waals surface area contributed by atoms with Crippen molar-refractivity contribution in [2.45, 2.75) is 39.3 Å². The summed E-state index contributed by atoms with van der Waals surface area (Å²) in [5, 5.41) is 0. The Hall–Kier alpha value is -0.900. The van der Waals surface area contributed by atoms with Crippen molar-refractivity contribution in [3.8, 4) is 0 Å². The largest absolute Gasteiger partial charge is 0.304 e. The monoisotopic (exact) mass is 303 g/mol. The Balaban J connectivity index is 0.000000847. The molecule has 0 saturated carbocycles. The van der Waals surface area contributed by atoms with Gasteiger partial charge in [-0.2, -0.15) is 0 Å². The Morgan fingerprint density at radius 2 is 1.64 bits per heavy atom. The van der Waals surface area contributed by atoms with Crippen molar-refractivity contribution in [1.82, 2.24) is 14.7 Å². The number of hydrogen-bond donors (Lipinski definition) is 0. The molecule has 0 aromatic heterocycles. The van der Waals surface area contributed by atoms with E-state index in [-0.39, 0.29) is 0 Å². The van der Waals surface area contributed by atoms with Crippen LogP contribution in [0.4, 0.5) is 0 Å². The number of nitrogens with zero attached hydrogens (tertiary/aromatic N) is 3. The van der Waals surface area contributed by atoms with Crippen LogP contribution in [0.2, 0.25) is 0 Å². The zero-order valence-corrected chi connectivity index (χ0v) is 14.9. The molecule has 3 nitrogen and oxygen atoms in total. The Bertz CT molecular complexity index is 438. The van der Waals surface area contributed by atoms with E-state index in [0.29, 0.717) is 6.04 Å². The minimum absolute atomic E-state index is 0.638. The zero-order valence-electron chi connectivity index (χ0n) is 14.9. The molecule has 2 fully saturated rings. The number of benzene rings is 1. The van der Waals surface area contributed by atoms with Crippen molar-refractivity contribution in [3.63, 3.8) is 0 Å². The van der Waals surface area contributed by atoms with Gasteiger partial charge in [-0.1, -0.05) is 38.1 Å². The lowest BCUT2D eigenvalue weighted by Gasteiger charge is -2.33. The summed E-state index contributed by atoms with van der Waals surface area (Å²) < 4.78 is 0. The van der Waals surface area contributed by atoms with Crippen LogP contribution in [0.1, 0.15) is 43.9 Å². The SMILES string of the molecule is CC.CN1CCN(Cc2ccccc2C2CCCN2C)CC1. The smallest absolute Gasteiger partial charge is 0.0348 e. The molecule has 1 atom stereocenters. The Morgan fingerprint density at radius 3 is 2.27 bits per heavy atom. The van der Waals surface area contributed by atoms with Crippen molar-refractivity contribution in [3.05, 3.63) is 35.4 Å². The van der Waals surface area contributed by atoms with Crippen molar-refractivity contribution in [2.75, 3.05) is 46.8 Å². The third-order valence-corrected chi connectivity index (χ3v) is 4.92. The highest BCUT2D eigenvalue weighted by atomic mass is 15.2. The van der Waals surface area contributed by atoms with Crippen LogP contribution in [0.15, 0.2) is 24.3 Å². The summed E-state index contributed by atoms with van der Waals surface area (Å²) in [7, 11) is 4.49. The summed E-state index contributed by atoms with van der Waals surface area (Å²) in [4.78, 5) is 7.55. The highest BCUT2D eigenvalue weighted by Gasteiger charge is 2.25. The van der Waals surface area contributed by atoms with Gasteiger partial charge in [-0.25, -0.2) is 0 Å². The van der Waals surface area contributed by atoms with Crippen LogP contribution in [-0.2, 0) is 6.54 Å². The summed E-state index contributed by atoms with van der Waals surface area (Å²) in [5.41, 5.74) is 3.10. The van der Waals surface area contributed by atoms with Gasteiger partial charge in [0.05, 0.1) is 0 Å². The van der Waals surface area contributed by atoms with E-state index < -0.39 is 0 Å². The number of hydrogen-bond acceptors (Lipinski definition) is 3. The highest BCUT2D eigenvalue weighted by molar-refractivity contribution is 5.30. The van der Waals surface area contributed by atoms with Crippen molar-refractivity contribution >= 4 is 0 Å². The first-order valence-electron chi connectivity index (χ1n) is 8.93. The standard InChI is InChI=1S/C17H27N3.C2H6/c1-18-10-12-20(13-11-18)14-15-6-3-4-7-16(15)17-8-5-9-19(17)2;1-2/h3-4,6-7,17H,5,8-14H2,1-2H3;1-2H3. The number of likely N-dealkylation sites (tertiary alicyclic amines) is 1. The van der Waals surface area contributed by atoms with E-state index in [1.54, 1.807) is 5.56 Å². The predicted octanol–water partition coefficient (Wildman–Crippen LogP) is 3.23. The Kier molecular flexibility index (Phi) is 6.87. The lowest BCUT2D eigenvalue weighted by Crippen LogP contribution is -2.44. The summed E-state index contributed by atoms with van der Waals surface area (Å²) in [6.45, 7) is 11.2. The van der Waals surface area contributed by atoms with Crippen molar-refractivity contribution < 1.29 is 0 Å². The molecular formula is C19H33N3. The van der Waals surface area contributed by atoms with Gasteiger partial charge in [0.2, 0.25) is 0 Å². The van der Waals surface area contributed by atoms with E-state index in [4.69, 9.17) is 0 Å². The molecule has 22 heavy (non-hydrogen) atoms. The molecule has 2 heterocycles. The van der Waals surface area contributed by atoms with Crippen LogP contribution in [-0.4, -0.2) is 61.5 Å². The molecule has 0 aliphatic carbocycles. The molecule has 3 rings (SSSR count). The molecule has 0 N–H and O–H groups in total. The van der Waals surface area contributed by atoms with E-state index in [0.717, 1.165) is 6.54 Å². The molecule has 2 aliphatic heterocycles. The number of likely N-dealkylation sites (N-methyl/N-ethyl adjacent to an activating group) is 1. The van der Waals surface area contributed by atoms with Crippen LogP contribution in [0.25, 0.3) is 0 Å². The van der Waals surface area contributed by atoms with Gasteiger partial charge in [-0.15, -0.1) is 0 Å². The normalized spacial score (nSPS) is 24.1. The van der Waals surface area contributed by atoms with E-state index in [1.807, 2.05) is 13.8 Å². The molecule has 2 aliphatic rings. The number of piperazine rings is 1. The molecular weight excluding hydrogens is 270 g/mol. The first-order valence-corrected chi connectivity index (χ1v) is 8.93. The lowest BCUT2D eigenvalue weighted by atomic mass is 9.98. The second-order valence-electron chi connectivity index (χ2n) is 6.42. The van der Waals surface area contributed by atoms with Gasteiger partial charge < -0.3 is 4.90 Å². The van der Waals surface area contributed by atoms with Gasteiger partial charge in [0.25, 0.3) is 0 Å². The lowest BCUT2D eigenvalue weighted by molar-refractivity contribution is 0.147. The molecule has 1 aromatic rings. The van der Waals surface area contributed by atoms with Crippen molar-refractivity contribution in [1.29, 1.82) is 0 Å². The van der Waals surface area contributed by atoms with Gasteiger partial charge in [0.1, 0.15) is 0 Å². The van der Waals surface area contributed by atoms with Crippen LogP contribution in [0.5, 0.6) is 0 Å². The van der Waals surface area contributed by atoms with E-state index in [1.165, 1.54) is 51.1 Å². The maximum atomic E-state index is 2.60. The molecule has 0 spiro atoms. The first-order chi connectivity index (χ1) is 10.7. The molecule has 1 unspecified atom stereocenters. The molecule has 3 heteroatoms. The zero-order chi connectivity index (χ0) is 15.9. The van der Waals surface area contributed by atoms with Gasteiger partial charge in [0, 0.05) is 38.8 Å². The average molecular weight is 303 g/mol. The summed E-state index contributed by atoms with van der Waals surface area (Å²) in [6.07, 6.45) is 2.65. The molecule has 1 aromatic carbocycles. The van der Waals surface area contributed by atoms with E-state index >= 15 is 0 Å². The minimum Gasteiger partial charge on any atom is -0.304 e. The first kappa shape index (κ1) is 17.5. The fourth-order valence-electron chi connectivity index (χ4n) is 3.55. The van der Waals surface area contributed by atoms with Crippen LogP contribution in [0.3, 0.4) is 0 Å². The highest BCUT2D eigenvalue weighted by Crippen LogP contribution is 2.32. The maximum Gasteiger partial charge on any atom is 0.0348 e. The van der Waals surface area contributed by atoms with Crippen LogP contribution in [0, 0.1) is 0 Å². The van der Waals surface area contributed by atoms with Crippen molar-refractivity contribution in [2.24, 2.45) is 0 Å². The summed E-state index contributed by atoms with van der Waals surface area (Å²) in [6, 6.07) is 9.72. The van der Waals surface area contributed by atoms with Gasteiger partial charge in [0.15, 0.2) is 0 Å². The molecule has 0 amide bonds.